The van der Waals surface area contributed by atoms with Gasteiger partial charge in [-0.25, -0.2) is 4.99 Å². The molecule has 1 N–H and O–H groups in total. The molecule has 0 radical (unpaired) electrons. The number of benzene rings is 1. The summed E-state index contributed by atoms with van der Waals surface area (Å²) in [7, 11) is 1.63. The number of carbonyl (C=O) groups is 1. The molecule has 0 bridgehead atoms. The van der Waals surface area contributed by atoms with Crippen LogP contribution in [0.15, 0.2) is 46.8 Å². The van der Waals surface area contributed by atoms with Gasteiger partial charge in [0.2, 0.25) is 0 Å². The highest BCUT2D eigenvalue weighted by atomic mass is 32.1. The molecule has 1 atom stereocenters. The van der Waals surface area contributed by atoms with E-state index in [0.717, 1.165) is 46.1 Å². The van der Waals surface area contributed by atoms with Crippen LogP contribution in [0, 0.1) is 11.3 Å². The van der Waals surface area contributed by atoms with E-state index in [1.54, 1.807) is 29.8 Å². The van der Waals surface area contributed by atoms with Crippen molar-refractivity contribution >= 4 is 45.5 Å². The van der Waals surface area contributed by atoms with Gasteiger partial charge >= 0.3 is 0 Å². The van der Waals surface area contributed by atoms with Gasteiger partial charge in [-0.1, -0.05) is 26.8 Å². The summed E-state index contributed by atoms with van der Waals surface area (Å²) in [5, 5.41) is 5.90. The van der Waals surface area contributed by atoms with Crippen molar-refractivity contribution in [2.75, 3.05) is 12.4 Å². The smallest absolute Gasteiger partial charge is 0.259 e. The number of thiophene rings is 2. The van der Waals surface area contributed by atoms with Gasteiger partial charge in [-0.05, 0) is 71.9 Å². The summed E-state index contributed by atoms with van der Waals surface area (Å²) in [5.74, 6) is 1.29. The number of rotatable bonds is 5. The van der Waals surface area contributed by atoms with Crippen LogP contribution in [-0.2, 0) is 12.8 Å². The molecule has 6 heteroatoms. The van der Waals surface area contributed by atoms with Crippen molar-refractivity contribution in [1.29, 1.82) is 0 Å². The summed E-state index contributed by atoms with van der Waals surface area (Å²) in [5.41, 5.74) is 2.92. The SMILES string of the molecule is COc1ccc(NC(=O)c2c(N=Cc3cccs3)sc3c2CCC(C(C)(C)C)C3)cc1. The first-order chi connectivity index (χ1) is 14.8. The van der Waals surface area contributed by atoms with Crippen molar-refractivity contribution in [3.05, 3.63) is 62.7 Å². The Hall–Kier alpha value is -2.44. The Morgan fingerprint density at radius 1 is 1.23 bits per heavy atom. The minimum Gasteiger partial charge on any atom is -0.497 e. The predicted octanol–water partition coefficient (Wildman–Crippen LogP) is 6.97. The summed E-state index contributed by atoms with van der Waals surface area (Å²) in [6.07, 6.45) is 4.91. The second kappa shape index (κ2) is 8.97. The molecule has 1 aliphatic rings. The number of nitrogens with one attached hydrogen (secondary N) is 1. The lowest BCUT2D eigenvalue weighted by molar-refractivity contribution is 0.102. The maximum absolute atomic E-state index is 13.4. The fourth-order valence-electron chi connectivity index (χ4n) is 3.99. The number of carbonyl (C=O) groups excluding carboxylic acids is 1. The maximum atomic E-state index is 13.4. The van der Waals surface area contributed by atoms with Gasteiger partial charge in [-0.15, -0.1) is 22.7 Å². The molecule has 4 nitrogen and oxygen atoms in total. The Morgan fingerprint density at radius 3 is 2.65 bits per heavy atom. The minimum absolute atomic E-state index is 0.0878. The van der Waals surface area contributed by atoms with Crippen molar-refractivity contribution < 1.29 is 9.53 Å². The van der Waals surface area contributed by atoms with E-state index in [1.165, 1.54) is 10.4 Å². The Morgan fingerprint density at radius 2 is 2.00 bits per heavy atom. The summed E-state index contributed by atoms with van der Waals surface area (Å²) in [6, 6.07) is 11.5. The number of fused-ring (bicyclic) bond motifs is 1. The van der Waals surface area contributed by atoms with Crippen LogP contribution in [-0.4, -0.2) is 19.2 Å². The van der Waals surface area contributed by atoms with Gasteiger partial charge in [0.1, 0.15) is 10.8 Å². The molecule has 1 amide bonds. The monoisotopic (exact) mass is 452 g/mol. The standard InChI is InChI=1S/C25H28N2O2S2/c1-25(2,3)16-7-12-20-21(14-16)31-24(26-15-19-6-5-13-30-19)22(20)23(28)27-17-8-10-18(29-4)11-9-17/h5-6,8-11,13,15-16H,7,12,14H2,1-4H3,(H,27,28). The third-order valence-electron chi connectivity index (χ3n) is 5.90. The van der Waals surface area contributed by atoms with E-state index < -0.39 is 0 Å². The largest absolute Gasteiger partial charge is 0.497 e. The molecule has 0 spiro atoms. The molecule has 2 aromatic heterocycles. The molecule has 1 aromatic carbocycles. The molecule has 3 aromatic rings. The Kier molecular flexibility index (Phi) is 6.30. The summed E-state index contributed by atoms with van der Waals surface area (Å²) >= 11 is 3.32. The Labute approximate surface area is 192 Å². The van der Waals surface area contributed by atoms with E-state index in [4.69, 9.17) is 9.73 Å². The number of anilines is 1. The van der Waals surface area contributed by atoms with Crippen molar-refractivity contribution in [2.45, 2.75) is 40.0 Å². The molecule has 31 heavy (non-hydrogen) atoms. The van der Waals surface area contributed by atoms with E-state index in [-0.39, 0.29) is 11.3 Å². The normalized spacial score (nSPS) is 16.3. The van der Waals surface area contributed by atoms with Gasteiger partial charge in [0.25, 0.3) is 5.91 Å². The molecule has 4 rings (SSSR count). The third-order valence-corrected chi connectivity index (χ3v) is 7.87. The molecular weight excluding hydrogens is 424 g/mol. The van der Waals surface area contributed by atoms with E-state index >= 15 is 0 Å². The predicted molar refractivity (Wildman–Crippen MR) is 132 cm³/mol. The molecule has 2 heterocycles. The molecule has 0 aliphatic heterocycles. The van der Waals surface area contributed by atoms with Crippen molar-refractivity contribution in [2.24, 2.45) is 16.3 Å². The first kappa shape index (κ1) is 21.8. The fourth-order valence-corrected chi connectivity index (χ4v) is 5.84. The first-order valence-electron chi connectivity index (χ1n) is 10.5. The van der Waals surface area contributed by atoms with Crippen LogP contribution in [0.4, 0.5) is 10.7 Å². The van der Waals surface area contributed by atoms with Crippen LogP contribution in [0.25, 0.3) is 0 Å². The zero-order chi connectivity index (χ0) is 22.0. The molecule has 0 saturated heterocycles. The molecule has 0 saturated carbocycles. The van der Waals surface area contributed by atoms with E-state index in [9.17, 15) is 4.79 Å². The number of hydrogen-bond donors (Lipinski definition) is 1. The molecule has 1 unspecified atom stereocenters. The molecule has 0 fully saturated rings. The van der Waals surface area contributed by atoms with E-state index in [2.05, 4.69) is 26.1 Å². The lowest BCUT2D eigenvalue weighted by atomic mass is 9.72. The van der Waals surface area contributed by atoms with Gasteiger partial charge in [0.05, 0.1) is 12.7 Å². The van der Waals surface area contributed by atoms with Gasteiger partial charge in [0, 0.05) is 21.7 Å². The van der Waals surface area contributed by atoms with Crippen LogP contribution in [0.3, 0.4) is 0 Å². The van der Waals surface area contributed by atoms with Gasteiger partial charge in [-0.2, -0.15) is 0 Å². The number of aliphatic imine (C=N–C) groups is 1. The second-order valence-corrected chi connectivity index (χ2v) is 11.0. The van der Waals surface area contributed by atoms with Gasteiger partial charge in [0.15, 0.2) is 0 Å². The van der Waals surface area contributed by atoms with E-state index in [0.29, 0.717) is 5.92 Å². The van der Waals surface area contributed by atoms with E-state index in [1.807, 2.05) is 48.0 Å². The van der Waals surface area contributed by atoms with Crippen LogP contribution < -0.4 is 10.1 Å². The fraction of sp³-hybridized carbons (Fsp3) is 0.360. The summed E-state index contributed by atoms with van der Waals surface area (Å²) in [4.78, 5) is 20.5. The number of methoxy groups -OCH3 is 1. The Bertz CT molecular complexity index is 1070. The molecule has 162 valence electrons. The number of nitrogens with zero attached hydrogens (tertiary/aromatic N) is 1. The summed E-state index contributed by atoms with van der Waals surface area (Å²) < 4.78 is 5.22. The number of hydrogen-bond acceptors (Lipinski definition) is 5. The maximum Gasteiger partial charge on any atom is 0.259 e. The molecule has 1 aliphatic carbocycles. The average Bonchev–Trinajstić information content (AvgIpc) is 3.39. The zero-order valence-corrected chi connectivity index (χ0v) is 20.0. The number of amides is 1. The van der Waals surface area contributed by atoms with Crippen LogP contribution >= 0.6 is 22.7 Å². The first-order valence-corrected chi connectivity index (χ1v) is 12.2. The van der Waals surface area contributed by atoms with Crippen LogP contribution in [0.1, 0.15) is 52.9 Å². The van der Waals surface area contributed by atoms with Crippen molar-refractivity contribution in [1.82, 2.24) is 0 Å². The lowest BCUT2D eigenvalue weighted by Crippen LogP contribution is -2.27. The summed E-state index contributed by atoms with van der Waals surface area (Å²) in [6.45, 7) is 6.93. The van der Waals surface area contributed by atoms with Crippen LogP contribution in [0.2, 0.25) is 0 Å². The zero-order valence-electron chi connectivity index (χ0n) is 18.4. The number of ether oxygens (including phenoxy) is 1. The second-order valence-electron chi connectivity index (χ2n) is 8.95. The minimum atomic E-state index is -0.0878. The highest BCUT2D eigenvalue weighted by Gasteiger charge is 2.33. The van der Waals surface area contributed by atoms with Crippen molar-refractivity contribution in [3.63, 3.8) is 0 Å². The van der Waals surface area contributed by atoms with Gasteiger partial charge in [-0.3, -0.25) is 4.79 Å². The third kappa shape index (κ3) is 4.91. The topological polar surface area (TPSA) is 50.7 Å². The average molecular weight is 453 g/mol. The van der Waals surface area contributed by atoms with Crippen LogP contribution in [0.5, 0.6) is 5.75 Å². The highest BCUT2D eigenvalue weighted by Crippen LogP contribution is 2.45. The highest BCUT2D eigenvalue weighted by molar-refractivity contribution is 7.16. The lowest BCUT2D eigenvalue weighted by Gasteiger charge is -2.33. The Balaban J connectivity index is 1.67. The molecular formula is C25H28N2O2S2. The van der Waals surface area contributed by atoms with Gasteiger partial charge < -0.3 is 10.1 Å². The van der Waals surface area contributed by atoms with Crippen molar-refractivity contribution in [3.8, 4) is 5.75 Å². The quantitative estimate of drug-likeness (QED) is 0.425.